The van der Waals surface area contributed by atoms with Crippen LogP contribution in [-0.4, -0.2) is 31.9 Å². The molecule has 1 aromatic carbocycles. The minimum absolute atomic E-state index is 0. The van der Waals surface area contributed by atoms with Gasteiger partial charge in [0.1, 0.15) is 5.82 Å². The van der Waals surface area contributed by atoms with Crippen LogP contribution < -0.4 is 15.8 Å². The van der Waals surface area contributed by atoms with Crippen LogP contribution in [0.25, 0.3) is 11.1 Å². The first-order valence-electron chi connectivity index (χ1n) is 7.03. The number of carbonyl (C=O) groups is 1. The Labute approximate surface area is 146 Å². The molecule has 1 aromatic heterocycles. The molecule has 4 N–H and O–H groups in total. The van der Waals surface area contributed by atoms with Crippen molar-refractivity contribution in [1.29, 1.82) is 0 Å². The van der Waals surface area contributed by atoms with Gasteiger partial charge in [-0.1, -0.05) is 18.2 Å². The summed E-state index contributed by atoms with van der Waals surface area (Å²) in [6.45, 7) is 0.528. The first-order chi connectivity index (χ1) is 10.9. The molecular formula is C15H17ClN4O3S. The van der Waals surface area contributed by atoms with Crippen molar-refractivity contribution in [3.8, 4) is 11.1 Å². The van der Waals surface area contributed by atoms with Crippen molar-refractivity contribution in [2.75, 3.05) is 11.4 Å². The van der Waals surface area contributed by atoms with E-state index in [1.54, 1.807) is 30.3 Å². The number of pyridine rings is 1. The number of hydrogen-bond acceptors (Lipinski definition) is 5. The third-order valence-electron chi connectivity index (χ3n) is 3.78. The first kappa shape index (κ1) is 18.3. The second kappa shape index (κ2) is 6.86. The number of amides is 1. The quantitative estimate of drug-likeness (QED) is 0.833. The molecule has 1 atom stereocenters. The first-order valence-corrected chi connectivity index (χ1v) is 8.58. The number of carbonyl (C=O) groups excluding carboxylic acids is 1. The van der Waals surface area contributed by atoms with Gasteiger partial charge in [0, 0.05) is 23.9 Å². The largest absolute Gasteiger partial charge is 0.320 e. The molecule has 2 heterocycles. The van der Waals surface area contributed by atoms with Crippen LogP contribution >= 0.6 is 12.4 Å². The van der Waals surface area contributed by atoms with Crippen molar-refractivity contribution in [1.82, 2.24) is 4.98 Å². The Morgan fingerprint density at radius 3 is 2.42 bits per heavy atom. The van der Waals surface area contributed by atoms with Crippen LogP contribution in [0.5, 0.6) is 0 Å². The van der Waals surface area contributed by atoms with E-state index in [4.69, 9.17) is 10.9 Å². The Balaban J connectivity index is 0.00000208. The summed E-state index contributed by atoms with van der Waals surface area (Å²) in [4.78, 5) is 17.7. The zero-order valence-corrected chi connectivity index (χ0v) is 14.3. The fourth-order valence-electron chi connectivity index (χ4n) is 2.59. The van der Waals surface area contributed by atoms with Gasteiger partial charge in [-0.2, -0.15) is 0 Å². The van der Waals surface area contributed by atoms with E-state index in [9.17, 15) is 13.2 Å². The SMILES string of the molecule is Cl.N[C@H]1CCN(c2ccc(-c3ccccc3S(N)(=O)=O)cn2)C1=O. The van der Waals surface area contributed by atoms with Gasteiger partial charge in [0.15, 0.2) is 0 Å². The lowest BCUT2D eigenvalue weighted by Crippen LogP contribution is -2.34. The number of nitrogens with zero attached hydrogens (tertiary/aromatic N) is 2. The summed E-state index contributed by atoms with van der Waals surface area (Å²) in [7, 11) is -3.83. The molecule has 2 aromatic rings. The minimum Gasteiger partial charge on any atom is -0.320 e. The average molecular weight is 369 g/mol. The highest BCUT2D eigenvalue weighted by Gasteiger charge is 2.30. The number of halogens is 1. The molecule has 0 aliphatic carbocycles. The molecule has 128 valence electrons. The lowest BCUT2D eigenvalue weighted by atomic mass is 10.1. The van der Waals surface area contributed by atoms with Crippen molar-refractivity contribution < 1.29 is 13.2 Å². The fourth-order valence-corrected chi connectivity index (χ4v) is 3.35. The Morgan fingerprint density at radius 1 is 1.17 bits per heavy atom. The van der Waals surface area contributed by atoms with E-state index in [1.807, 2.05) is 0 Å². The van der Waals surface area contributed by atoms with Crippen LogP contribution in [0.4, 0.5) is 5.82 Å². The number of sulfonamides is 1. The van der Waals surface area contributed by atoms with E-state index in [0.717, 1.165) is 0 Å². The maximum atomic E-state index is 11.9. The molecule has 0 saturated carbocycles. The molecule has 0 radical (unpaired) electrons. The van der Waals surface area contributed by atoms with Gasteiger partial charge in [-0.15, -0.1) is 12.4 Å². The molecule has 24 heavy (non-hydrogen) atoms. The maximum absolute atomic E-state index is 11.9. The summed E-state index contributed by atoms with van der Waals surface area (Å²) in [6.07, 6.45) is 2.12. The minimum atomic E-state index is -3.83. The highest BCUT2D eigenvalue weighted by atomic mass is 35.5. The molecule has 1 aliphatic heterocycles. The molecule has 1 saturated heterocycles. The second-order valence-electron chi connectivity index (χ2n) is 5.33. The predicted octanol–water partition coefficient (Wildman–Crippen LogP) is 0.882. The van der Waals surface area contributed by atoms with E-state index in [2.05, 4.69) is 4.98 Å². The van der Waals surface area contributed by atoms with Crippen molar-refractivity contribution in [2.24, 2.45) is 10.9 Å². The smallest absolute Gasteiger partial charge is 0.245 e. The molecule has 0 spiro atoms. The van der Waals surface area contributed by atoms with Crippen molar-refractivity contribution >= 4 is 34.2 Å². The molecule has 1 amide bonds. The zero-order valence-electron chi connectivity index (χ0n) is 12.6. The third-order valence-corrected chi connectivity index (χ3v) is 4.74. The Kier molecular flexibility index (Phi) is 5.24. The van der Waals surface area contributed by atoms with E-state index in [1.165, 1.54) is 17.2 Å². The summed E-state index contributed by atoms with van der Waals surface area (Å²) in [5, 5.41) is 5.24. The van der Waals surface area contributed by atoms with Gasteiger partial charge in [0.05, 0.1) is 10.9 Å². The topological polar surface area (TPSA) is 119 Å². The van der Waals surface area contributed by atoms with E-state index >= 15 is 0 Å². The number of rotatable bonds is 3. The standard InChI is InChI=1S/C15H16N4O3S.ClH/c16-12-7-8-19(15(12)20)14-6-5-10(9-18-14)11-3-1-2-4-13(11)23(17,21)22;/h1-6,9,12H,7-8,16H2,(H2,17,21,22);1H/t12-;/m0./s1. The Morgan fingerprint density at radius 2 is 1.88 bits per heavy atom. The van der Waals surface area contributed by atoms with Crippen LogP contribution in [0.2, 0.25) is 0 Å². The molecular weight excluding hydrogens is 352 g/mol. The zero-order chi connectivity index (χ0) is 16.6. The number of anilines is 1. The van der Waals surface area contributed by atoms with Gasteiger partial charge in [-0.25, -0.2) is 18.5 Å². The predicted molar refractivity (Wildman–Crippen MR) is 93.2 cm³/mol. The monoisotopic (exact) mass is 368 g/mol. The molecule has 1 aliphatic rings. The summed E-state index contributed by atoms with van der Waals surface area (Å²) in [6, 6.07) is 9.33. The molecule has 0 bridgehead atoms. The number of primary sulfonamides is 1. The molecule has 0 unspecified atom stereocenters. The highest BCUT2D eigenvalue weighted by molar-refractivity contribution is 7.89. The summed E-state index contributed by atoms with van der Waals surface area (Å²) in [5.74, 6) is 0.343. The summed E-state index contributed by atoms with van der Waals surface area (Å²) in [5.41, 5.74) is 6.77. The van der Waals surface area contributed by atoms with Crippen LogP contribution in [0, 0.1) is 0 Å². The maximum Gasteiger partial charge on any atom is 0.245 e. The lowest BCUT2D eigenvalue weighted by Gasteiger charge is -2.15. The van der Waals surface area contributed by atoms with E-state index < -0.39 is 16.1 Å². The van der Waals surface area contributed by atoms with Crippen molar-refractivity contribution in [3.63, 3.8) is 0 Å². The molecule has 7 nitrogen and oxygen atoms in total. The number of benzene rings is 1. The van der Waals surface area contributed by atoms with Gasteiger partial charge < -0.3 is 5.73 Å². The fraction of sp³-hybridized carbons (Fsp3) is 0.200. The second-order valence-corrected chi connectivity index (χ2v) is 6.86. The van der Waals surface area contributed by atoms with E-state index in [0.29, 0.717) is 29.9 Å². The van der Waals surface area contributed by atoms with Crippen LogP contribution in [0.3, 0.4) is 0 Å². The number of hydrogen-bond donors (Lipinski definition) is 2. The normalized spacial score (nSPS) is 17.7. The Bertz CT molecular complexity index is 855. The number of nitrogens with two attached hydrogens (primary N) is 2. The van der Waals surface area contributed by atoms with Crippen LogP contribution in [0.15, 0.2) is 47.5 Å². The van der Waals surface area contributed by atoms with Gasteiger partial charge in [0.25, 0.3) is 0 Å². The number of aromatic nitrogens is 1. The van der Waals surface area contributed by atoms with Crippen LogP contribution in [-0.2, 0) is 14.8 Å². The summed E-state index contributed by atoms with van der Waals surface area (Å²) >= 11 is 0. The van der Waals surface area contributed by atoms with Gasteiger partial charge in [-0.05, 0) is 24.6 Å². The van der Waals surface area contributed by atoms with Crippen molar-refractivity contribution in [2.45, 2.75) is 17.4 Å². The van der Waals surface area contributed by atoms with Crippen molar-refractivity contribution in [3.05, 3.63) is 42.6 Å². The van der Waals surface area contributed by atoms with Gasteiger partial charge in [-0.3, -0.25) is 9.69 Å². The van der Waals surface area contributed by atoms with Crippen LogP contribution in [0.1, 0.15) is 6.42 Å². The molecule has 1 fully saturated rings. The molecule has 9 heteroatoms. The third kappa shape index (κ3) is 3.41. The Hall–Kier alpha value is -2.00. The van der Waals surface area contributed by atoms with Gasteiger partial charge in [0.2, 0.25) is 15.9 Å². The van der Waals surface area contributed by atoms with E-state index in [-0.39, 0.29) is 23.2 Å². The summed E-state index contributed by atoms with van der Waals surface area (Å²) < 4.78 is 23.3. The lowest BCUT2D eigenvalue weighted by molar-refractivity contribution is -0.118. The highest BCUT2D eigenvalue weighted by Crippen LogP contribution is 2.27. The average Bonchev–Trinajstić information content (AvgIpc) is 2.86. The molecule has 3 rings (SSSR count). The van der Waals surface area contributed by atoms with Gasteiger partial charge >= 0.3 is 0 Å².